The van der Waals surface area contributed by atoms with Crippen molar-refractivity contribution in [3.63, 3.8) is 0 Å². The third-order valence-electron chi connectivity index (χ3n) is 5.06. The highest BCUT2D eigenvalue weighted by Gasteiger charge is 2.80. The standard InChI is InChI=1S/C19H14N2O6/c1-9-3-4-10(7-13(9)22)11-5-6-12(14(23)8-11)21-17(26)19(18(21)27)15(24)20(2)16(19)25/h3-8,22-23H,1-2H3. The topological polar surface area (TPSA) is 115 Å². The van der Waals surface area contributed by atoms with Crippen LogP contribution in [0.2, 0.25) is 0 Å². The molecule has 0 aliphatic carbocycles. The molecule has 0 radical (unpaired) electrons. The van der Waals surface area contributed by atoms with E-state index in [0.29, 0.717) is 21.6 Å². The lowest BCUT2D eigenvalue weighted by molar-refractivity contribution is -0.184. The summed E-state index contributed by atoms with van der Waals surface area (Å²) >= 11 is 0. The first-order valence-corrected chi connectivity index (χ1v) is 8.06. The molecule has 0 saturated carbocycles. The van der Waals surface area contributed by atoms with E-state index in [-0.39, 0.29) is 17.2 Å². The molecule has 2 fully saturated rings. The molecule has 0 aromatic heterocycles. The minimum atomic E-state index is -2.28. The highest BCUT2D eigenvalue weighted by atomic mass is 16.3. The van der Waals surface area contributed by atoms with Crippen molar-refractivity contribution < 1.29 is 29.4 Å². The molecule has 2 aliphatic rings. The lowest BCUT2D eigenvalue weighted by atomic mass is 9.69. The minimum absolute atomic E-state index is 0.0947. The number of likely N-dealkylation sites (tertiary alicyclic amines) is 1. The van der Waals surface area contributed by atoms with Gasteiger partial charge < -0.3 is 10.2 Å². The molecule has 8 heteroatoms. The molecule has 8 nitrogen and oxygen atoms in total. The van der Waals surface area contributed by atoms with E-state index in [1.54, 1.807) is 25.1 Å². The molecule has 4 rings (SSSR count). The monoisotopic (exact) mass is 366 g/mol. The number of phenolic OH excluding ortho intramolecular Hbond substituents is 2. The van der Waals surface area contributed by atoms with Gasteiger partial charge in [0.1, 0.15) is 11.5 Å². The Hall–Kier alpha value is -3.68. The molecule has 27 heavy (non-hydrogen) atoms. The number of imide groups is 2. The Balaban J connectivity index is 1.68. The molecular weight excluding hydrogens is 352 g/mol. The van der Waals surface area contributed by atoms with Crippen molar-refractivity contribution in [1.29, 1.82) is 0 Å². The summed E-state index contributed by atoms with van der Waals surface area (Å²) in [7, 11) is 1.20. The number of phenols is 2. The number of β-lactam (4-membered cyclic amide) rings is 4. The highest BCUT2D eigenvalue weighted by Crippen LogP contribution is 2.48. The number of hydrogen-bond acceptors (Lipinski definition) is 6. The van der Waals surface area contributed by atoms with E-state index in [9.17, 15) is 29.4 Å². The zero-order valence-electron chi connectivity index (χ0n) is 14.4. The van der Waals surface area contributed by atoms with Gasteiger partial charge in [-0.15, -0.1) is 0 Å². The zero-order valence-corrected chi connectivity index (χ0v) is 14.4. The van der Waals surface area contributed by atoms with Gasteiger partial charge in [0.15, 0.2) is 0 Å². The van der Waals surface area contributed by atoms with E-state index in [4.69, 9.17) is 0 Å². The van der Waals surface area contributed by atoms with Gasteiger partial charge in [-0.25, -0.2) is 4.90 Å². The lowest BCUT2D eigenvalue weighted by Crippen LogP contribution is -2.83. The Morgan fingerprint density at radius 2 is 1.30 bits per heavy atom. The number of carbonyl (C=O) groups excluding carboxylic acids is 4. The number of aromatic hydroxyl groups is 2. The normalized spacial score (nSPS) is 18.0. The lowest BCUT2D eigenvalue weighted by Gasteiger charge is -2.51. The minimum Gasteiger partial charge on any atom is -0.508 e. The first-order valence-electron chi connectivity index (χ1n) is 8.06. The molecule has 0 atom stereocenters. The number of amides is 4. The Morgan fingerprint density at radius 3 is 1.81 bits per heavy atom. The third kappa shape index (κ3) is 1.86. The van der Waals surface area contributed by atoms with Crippen molar-refractivity contribution in [2.45, 2.75) is 6.92 Å². The second-order valence-corrected chi connectivity index (χ2v) is 6.57. The molecule has 2 aromatic rings. The van der Waals surface area contributed by atoms with Gasteiger partial charge in [0.25, 0.3) is 29.0 Å². The van der Waals surface area contributed by atoms with Crippen LogP contribution in [0.25, 0.3) is 11.1 Å². The summed E-state index contributed by atoms with van der Waals surface area (Å²) in [6.45, 7) is 1.75. The molecule has 0 bridgehead atoms. The fourth-order valence-corrected chi connectivity index (χ4v) is 3.37. The Kier molecular flexibility index (Phi) is 3.21. The van der Waals surface area contributed by atoms with E-state index in [0.717, 1.165) is 4.90 Å². The first kappa shape index (κ1) is 16.8. The van der Waals surface area contributed by atoms with Gasteiger partial charge >= 0.3 is 0 Å². The number of anilines is 1. The second kappa shape index (κ2) is 5.16. The average Bonchev–Trinajstić information content (AvgIpc) is 2.65. The van der Waals surface area contributed by atoms with Crippen LogP contribution in [0.15, 0.2) is 36.4 Å². The van der Waals surface area contributed by atoms with Gasteiger partial charge in [-0.2, -0.15) is 0 Å². The Labute approximate surface area is 153 Å². The molecule has 2 aromatic carbocycles. The molecule has 2 N–H and O–H groups in total. The number of rotatable bonds is 2. The molecule has 136 valence electrons. The van der Waals surface area contributed by atoms with E-state index in [1.807, 2.05) is 0 Å². The quantitative estimate of drug-likeness (QED) is 0.604. The summed E-state index contributed by atoms with van der Waals surface area (Å²) in [6, 6.07) is 9.23. The highest BCUT2D eigenvalue weighted by molar-refractivity contribution is 6.59. The van der Waals surface area contributed by atoms with Crippen molar-refractivity contribution in [2.75, 3.05) is 11.9 Å². The van der Waals surface area contributed by atoms with Gasteiger partial charge in [0.05, 0.1) is 5.69 Å². The van der Waals surface area contributed by atoms with Crippen LogP contribution in [0.5, 0.6) is 11.5 Å². The maximum Gasteiger partial charge on any atom is 0.285 e. The number of benzene rings is 2. The van der Waals surface area contributed by atoms with Crippen molar-refractivity contribution in [1.82, 2.24) is 4.90 Å². The van der Waals surface area contributed by atoms with E-state index in [1.165, 1.54) is 25.2 Å². The van der Waals surface area contributed by atoms with Crippen LogP contribution in [-0.2, 0) is 19.2 Å². The molecule has 1 spiro atoms. The Bertz CT molecular complexity index is 1040. The van der Waals surface area contributed by atoms with Crippen LogP contribution in [0, 0.1) is 12.3 Å². The molecule has 2 heterocycles. The third-order valence-corrected chi connectivity index (χ3v) is 5.06. The van der Waals surface area contributed by atoms with Gasteiger partial charge in [0.2, 0.25) is 0 Å². The molecule has 2 saturated heterocycles. The average molecular weight is 366 g/mol. The zero-order chi connectivity index (χ0) is 19.7. The smallest absolute Gasteiger partial charge is 0.285 e. The molecule has 0 unspecified atom stereocenters. The largest absolute Gasteiger partial charge is 0.508 e. The summed E-state index contributed by atoms with van der Waals surface area (Å²) in [5.74, 6) is -3.91. The number of hydrogen-bond donors (Lipinski definition) is 2. The van der Waals surface area contributed by atoms with Gasteiger partial charge in [-0.3, -0.25) is 24.1 Å². The van der Waals surface area contributed by atoms with Crippen LogP contribution in [0.3, 0.4) is 0 Å². The Morgan fingerprint density at radius 1 is 0.778 bits per heavy atom. The van der Waals surface area contributed by atoms with E-state index in [2.05, 4.69) is 0 Å². The van der Waals surface area contributed by atoms with E-state index >= 15 is 0 Å². The van der Waals surface area contributed by atoms with Crippen molar-refractivity contribution in [3.8, 4) is 22.6 Å². The van der Waals surface area contributed by atoms with Crippen LogP contribution >= 0.6 is 0 Å². The number of aryl methyl sites for hydroxylation is 1. The summed E-state index contributed by atoms with van der Waals surface area (Å²) in [4.78, 5) is 50.0. The second-order valence-electron chi connectivity index (χ2n) is 6.57. The van der Waals surface area contributed by atoms with Crippen LogP contribution in [0.4, 0.5) is 5.69 Å². The van der Waals surface area contributed by atoms with Crippen LogP contribution < -0.4 is 4.90 Å². The van der Waals surface area contributed by atoms with Crippen molar-refractivity contribution in [3.05, 3.63) is 42.0 Å². The summed E-state index contributed by atoms with van der Waals surface area (Å²) in [5.41, 5.74) is -0.504. The van der Waals surface area contributed by atoms with Crippen molar-refractivity contribution >= 4 is 29.3 Å². The maximum atomic E-state index is 12.4. The van der Waals surface area contributed by atoms with Crippen LogP contribution in [0.1, 0.15) is 5.56 Å². The number of carbonyl (C=O) groups is 4. The SMILES string of the molecule is Cc1ccc(-c2ccc(N3C(=O)C4(C(=O)N(C)C4=O)C3=O)c(O)c2)cc1O. The predicted molar refractivity (Wildman–Crippen MR) is 92.6 cm³/mol. The van der Waals surface area contributed by atoms with Gasteiger partial charge in [0, 0.05) is 7.05 Å². The predicted octanol–water partition coefficient (Wildman–Crippen LogP) is 0.931. The number of nitrogens with zero attached hydrogens (tertiary/aromatic N) is 2. The van der Waals surface area contributed by atoms with E-state index < -0.39 is 29.0 Å². The molecule has 4 amide bonds. The fourth-order valence-electron chi connectivity index (χ4n) is 3.37. The summed E-state index contributed by atoms with van der Waals surface area (Å²) in [5, 5.41) is 20.1. The van der Waals surface area contributed by atoms with Gasteiger partial charge in [-0.1, -0.05) is 18.2 Å². The van der Waals surface area contributed by atoms with Gasteiger partial charge in [-0.05, 0) is 41.8 Å². The summed E-state index contributed by atoms with van der Waals surface area (Å²) in [6.07, 6.45) is 0. The fraction of sp³-hybridized carbons (Fsp3) is 0.158. The van der Waals surface area contributed by atoms with Crippen molar-refractivity contribution in [2.24, 2.45) is 5.41 Å². The molecule has 2 aliphatic heterocycles. The maximum absolute atomic E-state index is 12.4. The summed E-state index contributed by atoms with van der Waals surface area (Å²) < 4.78 is 0. The molecular formula is C19H14N2O6. The van der Waals surface area contributed by atoms with Crippen LogP contribution in [-0.4, -0.2) is 45.8 Å². The first-order chi connectivity index (χ1) is 12.7.